The normalized spacial score (nSPS) is 10.5. The Morgan fingerprint density at radius 2 is 1.90 bits per heavy atom. The van der Waals surface area contributed by atoms with Crippen molar-refractivity contribution in [2.75, 3.05) is 23.5 Å². The van der Waals surface area contributed by atoms with Gasteiger partial charge in [-0.15, -0.1) is 0 Å². The summed E-state index contributed by atoms with van der Waals surface area (Å²) in [4.78, 5) is 16.6. The molecule has 2 aromatic heterocycles. The SMILES string of the molecule is COc1ccc(-c2cc(NCc3ccc(C(=O)Nc4ccccc4N)cc3)[nH]n2)cn1. The Morgan fingerprint density at radius 3 is 2.61 bits per heavy atom. The number of aromatic nitrogens is 3. The fourth-order valence-electron chi connectivity index (χ4n) is 2.99. The van der Waals surface area contributed by atoms with Gasteiger partial charge in [0.05, 0.1) is 24.2 Å². The number of carbonyl (C=O) groups is 1. The van der Waals surface area contributed by atoms with Gasteiger partial charge in [0.25, 0.3) is 5.91 Å². The van der Waals surface area contributed by atoms with Crippen LogP contribution in [-0.4, -0.2) is 28.2 Å². The lowest BCUT2D eigenvalue weighted by molar-refractivity contribution is 0.102. The van der Waals surface area contributed by atoms with Crippen LogP contribution in [0.4, 0.5) is 17.2 Å². The number of hydrogen-bond donors (Lipinski definition) is 4. The highest BCUT2D eigenvalue weighted by Gasteiger charge is 2.08. The van der Waals surface area contributed by atoms with Crippen LogP contribution in [0.15, 0.2) is 72.9 Å². The van der Waals surface area contributed by atoms with Gasteiger partial charge in [-0.1, -0.05) is 24.3 Å². The first-order chi connectivity index (χ1) is 15.1. The highest BCUT2D eigenvalue weighted by molar-refractivity contribution is 6.05. The molecule has 0 spiro atoms. The molecule has 4 rings (SSSR count). The van der Waals surface area contributed by atoms with Gasteiger partial charge in [-0.2, -0.15) is 5.10 Å². The molecule has 0 aliphatic rings. The van der Waals surface area contributed by atoms with Crippen LogP contribution >= 0.6 is 0 Å². The maximum absolute atomic E-state index is 12.4. The van der Waals surface area contributed by atoms with E-state index >= 15 is 0 Å². The molecule has 31 heavy (non-hydrogen) atoms. The van der Waals surface area contributed by atoms with Crippen molar-refractivity contribution < 1.29 is 9.53 Å². The number of nitrogens with zero attached hydrogens (tertiary/aromatic N) is 2. The van der Waals surface area contributed by atoms with Crippen LogP contribution in [0.25, 0.3) is 11.3 Å². The fraction of sp³-hybridized carbons (Fsp3) is 0.0870. The van der Waals surface area contributed by atoms with E-state index in [1.54, 1.807) is 43.6 Å². The third-order valence-corrected chi connectivity index (χ3v) is 4.73. The topological polar surface area (TPSA) is 118 Å². The molecule has 0 aliphatic heterocycles. The molecule has 0 saturated carbocycles. The van der Waals surface area contributed by atoms with Crippen LogP contribution in [0.2, 0.25) is 0 Å². The van der Waals surface area contributed by atoms with Crippen LogP contribution in [0.1, 0.15) is 15.9 Å². The Hall–Kier alpha value is -4.33. The molecule has 2 heterocycles. The Kier molecular flexibility index (Phi) is 5.79. The molecule has 1 amide bonds. The van der Waals surface area contributed by atoms with Gasteiger partial charge in [0, 0.05) is 36.0 Å². The number of hydrogen-bond acceptors (Lipinski definition) is 6. The summed E-state index contributed by atoms with van der Waals surface area (Å²) in [5, 5.41) is 13.4. The first kappa shape index (κ1) is 20.0. The molecule has 156 valence electrons. The molecule has 2 aromatic carbocycles. The van der Waals surface area contributed by atoms with E-state index < -0.39 is 0 Å². The summed E-state index contributed by atoms with van der Waals surface area (Å²) in [5.74, 6) is 1.14. The number of nitrogen functional groups attached to an aromatic ring is 1. The number of amides is 1. The minimum Gasteiger partial charge on any atom is -0.481 e. The van der Waals surface area contributed by atoms with Crippen LogP contribution in [0.3, 0.4) is 0 Å². The van der Waals surface area contributed by atoms with Crippen molar-refractivity contribution in [1.29, 1.82) is 0 Å². The second-order valence-corrected chi connectivity index (χ2v) is 6.85. The van der Waals surface area contributed by atoms with Crippen molar-refractivity contribution in [2.24, 2.45) is 0 Å². The quantitative estimate of drug-likeness (QED) is 0.340. The molecule has 0 fully saturated rings. The number of methoxy groups -OCH3 is 1. The lowest BCUT2D eigenvalue weighted by Crippen LogP contribution is -2.13. The summed E-state index contributed by atoms with van der Waals surface area (Å²) in [7, 11) is 1.58. The molecule has 0 unspecified atom stereocenters. The number of ether oxygens (including phenoxy) is 1. The van der Waals surface area contributed by atoms with E-state index in [0.29, 0.717) is 29.4 Å². The van der Waals surface area contributed by atoms with Crippen molar-refractivity contribution in [1.82, 2.24) is 15.2 Å². The zero-order chi connectivity index (χ0) is 21.6. The lowest BCUT2D eigenvalue weighted by atomic mass is 10.1. The van der Waals surface area contributed by atoms with Gasteiger partial charge >= 0.3 is 0 Å². The molecular formula is C23H22N6O2. The summed E-state index contributed by atoms with van der Waals surface area (Å²) in [5.41, 5.74) is 10.3. The smallest absolute Gasteiger partial charge is 0.255 e. The molecule has 4 aromatic rings. The molecule has 0 saturated heterocycles. The average Bonchev–Trinajstić information content (AvgIpc) is 3.29. The first-order valence-electron chi connectivity index (χ1n) is 9.67. The van der Waals surface area contributed by atoms with Crippen molar-refractivity contribution in [3.63, 3.8) is 0 Å². The van der Waals surface area contributed by atoms with Gasteiger partial charge < -0.3 is 21.1 Å². The molecule has 5 N–H and O–H groups in total. The minimum absolute atomic E-state index is 0.205. The second kappa shape index (κ2) is 9.00. The van der Waals surface area contributed by atoms with Gasteiger partial charge in [-0.25, -0.2) is 4.98 Å². The largest absolute Gasteiger partial charge is 0.481 e. The van der Waals surface area contributed by atoms with Crippen molar-refractivity contribution in [3.8, 4) is 17.1 Å². The summed E-state index contributed by atoms with van der Waals surface area (Å²) in [6.45, 7) is 0.579. The Morgan fingerprint density at radius 1 is 1.10 bits per heavy atom. The van der Waals surface area contributed by atoms with E-state index in [-0.39, 0.29) is 5.91 Å². The molecule has 8 heteroatoms. The number of aromatic amines is 1. The van der Waals surface area contributed by atoms with E-state index in [1.807, 2.05) is 36.4 Å². The zero-order valence-electron chi connectivity index (χ0n) is 16.9. The van der Waals surface area contributed by atoms with Gasteiger partial charge in [0.15, 0.2) is 0 Å². The van der Waals surface area contributed by atoms with Crippen LogP contribution in [-0.2, 0) is 6.54 Å². The number of anilines is 3. The fourth-order valence-corrected chi connectivity index (χ4v) is 2.99. The third-order valence-electron chi connectivity index (χ3n) is 4.73. The van der Waals surface area contributed by atoms with Crippen molar-refractivity contribution in [3.05, 3.63) is 84.1 Å². The number of H-pyrrole nitrogens is 1. The molecule has 0 bridgehead atoms. The minimum atomic E-state index is -0.205. The van der Waals surface area contributed by atoms with Gasteiger partial charge in [0.2, 0.25) is 5.88 Å². The maximum atomic E-state index is 12.4. The van der Waals surface area contributed by atoms with E-state index in [2.05, 4.69) is 25.8 Å². The summed E-state index contributed by atoms with van der Waals surface area (Å²) in [6.07, 6.45) is 1.71. The van der Waals surface area contributed by atoms with E-state index in [4.69, 9.17) is 10.5 Å². The van der Waals surface area contributed by atoms with Crippen LogP contribution < -0.4 is 21.1 Å². The molecule has 0 radical (unpaired) electrons. The predicted octanol–water partition coefficient (Wildman–Crippen LogP) is 3.93. The molecule has 8 nitrogen and oxygen atoms in total. The summed E-state index contributed by atoms with van der Waals surface area (Å²) < 4.78 is 5.07. The summed E-state index contributed by atoms with van der Waals surface area (Å²) in [6, 6.07) is 20.1. The summed E-state index contributed by atoms with van der Waals surface area (Å²) >= 11 is 0. The Bertz CT molecular complexity index is 1170. The van der Waals surface area contributed by atoms with Crippen molar-refractivity contribution in [2.45, 2.75) is 6.54 Å². The van der Waals surface area contributed by atoms with E-state index in [9.17, 15) is 4.79 Å². The lowest BCUT2D eigenvalue weighted by Gasteiger charge is -2.09. The standard InChI is InChI=1S/C23H22N6O2/c1-31-22-11-10-17(14-26-22)20-12-21(29-28-20)25-13-15-6-8-16(9-7-15)23(30)27-19-5-3-2-4-18(19)24/h2-12,14H,13,24H2,1H3,(H,27,30)(H2,25,28,29). The Labute approximate surface area is 179 Å². The molecule has 0 aliphatic carbocycles. The molecule has 0 atom stereocenters. The van der Waals surface area contributed by atoms with E-state index in [0.717, 1.165) is 22.6 Å². The number of benzene rings is 2. The second-order valence-electron chi connectivity index (χ2n) is 6.85. The van der Waals surface area contributed by atoms with Gasteiger partial charge in [0.1, 0.15) is 5.82 Å². The van der Waals surface area contributed by atoms with Crippen LogP contribution in [0.5, 0.6) is 5.88 Å². The third kappa shape index (κ3) is 4.81. The van der Waals surface area contributed by atoms with Gasteiger partial charge in [-0.3, -0.25) is 9.89 Å². The molecular weight excluding hydrogens is 392 g/mol. The zero-order valence-corrected chi connectivity index (χ0v) is 16.9. The first-order valence-corrected chi connectivity index (χ1v) is 9.67. The predicted molar refractivity (Wildman–Crippen MR) is 121 cm³/mol. The van der Waals surface area contributed by atoms with Crippen LogP contribution in [0, 0.1) is 0 Å². The number of nitrogens with two attached hydrogens (primary N) is 1. The number of carbonyl (C=O) groups excluding carboxylic acids is 1. The average molecular weight is 414 g/mol. The van der Waals surface area contributed by atoms with E-state index in [1.165, 1.54) is 0 Å². The monoisotopic (exact) mass is 414 g/mol. The highest BCUT2D eigenvalue weighted by atomic mass is 16.5. The number of rotatable bonds is 7. The van der Waals surface area contributed by atoms with Gasteiger partial charge in [-0.05, 0) is 35.9 Å². The number of nitrogens with one attached hydrogen (secondary N) is 3. The number of pyridine rings is 1. The maximum Gasteiger partial charge on any atom is 0.255 e. The Balaban J connectivity index is 1.35. The highest BCUT2D eigenvalue weighted by Crippen LogP contribution is 2.21. The number of para-hydroxylation sites is 2. The van der Waals surface area contributed by atoms with Crippen molar-refractivity contribution >= 4 is 23.1 Å².